The van der Waals surface area contributed by atoms with Gasteiger partial charge in [0.25, 0.3) is 0 Å². The zero-order valence-electron chi connectivity index (χ0n) is 13.0. The van der Waals surface area contributed by atoms with Crippen LogP contribution >= 0.6 is 0 Å². The van der Waals surface area contributed by atoms with Crippen molar-refractivity contribution in [2.45, 2.75) is 45.2 Å². The van der Waals surface area contributed by atoms with Crippen LogP contribution in [0, 0.1) is 5.92 Å². The van der Waals surface area contributed by atoms with Gasteiger partial charge >= 0.3 is 0 Å². The van der Waals surface area contributed by atoms with Gasteiger partial charge in [0.15, 0.2) is 0 Å². The predicted octanol–water partition coefficient (Wildman–Crippen LogP) is 3.71. The molecule has 2 atom stereocenters. The highest BCUT2D eigenvalue weighted by atomic mass is 15.2. The third kappa shape index (κ3) is 2.88. The van der Waals surface area contributed by atoms with Gasteiger partial charge in [-0.25, -0.2) is 4.98 Å². The molecule has 1 fully saturated rings. The summed E-state index contributed by atoms with van der Waals surface area (Å²) in [5, 5.41) is 2.47. The molecule has 112 valence electrons. The zero-order valence-corrected chi connectivity index (χ0v) is 13.0. The number of hydrogen-bond acceptors (Lipinski definition) is 3. The third-order valence-electron chi connectivity index (χ3n) is 4.77. The molecule has 1 saturated carbocycles. The first-order valence-electron chi connectivity index (χ1n) is 8.00. The van der Waals surface area contributed by atoms with Crippen LogP contribution in [-0.2, 0) is 6.54 Å². The van der Waals surface area contributed by atoms with E-state index in [0.29, 0.717) is 12.6 Å². The SMILES string of the molecule is CC1CCCC(N(C)c2nc(CN)cc3ccccc23)C1. The van der Waals surface area contributed by atoms with Crippen molar-refractivity contribution in [3.05, 3.63) is 36.0 Å². The summed E-state index contributed by atoms with van der Waals surface area (Å²) in [7, 11) is 2.19. The molecule has 3 rings (SSSR count). The highest BCUT2D eigenvalue weighted by molar-refractivity contribution is 5.92. The lowest BCUT2D eigenvalue weighted by molar-refractivity contribution is 0.336. The van der Waals surface area contributed by atoms with Crippen molar-refractivity contribution >= 4 is 16.6 Å². The Bertz CT molecular complexity index is 623. The molecule has 0 amide bonds. The van der Waals surface area contributed by atoms with Crippen LogP contribution in [0.4, 0.5) is 5.82 Å². The largest absolute Gasteiger partial charge is 0.356 e. The van der Waals surface area contributed by atoms with Crippen molar-refractivity contribution in [3.8, 4) is 0 Å². The Hall–Kier alpha value is -1.61. The molecule has 0 bridgehead atoms. The van der Waals surface area contributed by atoms with E-state index in [-0.39, 0.29) is 0 Å². The van der Waals surface area contributed by atoms with Gasteiger partial charge in [0, 0.05) is 25.0 Å². The molecule has 1 aliphatic carbocycles. The first-order valence-corrected chi connectivity index (χ1v) is 8.00. The maximum atomic E-state index is 5.83. The van der Waals surface area contributed by atoms with Gasteiger partial charge in [-0.05, 0) is 30.2 Å². The number of fused-ring (bicyclic) bond motifs is 1. The molecule has 1 aromatic carbocycles. The van der Waals surface area contributed by atoms with E-state index in [0.717, 1.165) is 17.4 Å². The number of anilines is 1. The maximum absolute atomic E-state index is 5.83. The van der Waals surface area contributed by atoms with Crippen LogP contribution in [0.15, 0.2) is 30.3 Å². The van der Waals surface area contributed by atoms with Gasteiger partial charge < -0.3 is 10.6 Å². The molecule has 0 saturated heterocycles. The van der Waals surface area contributed by atoms with Gasteiger partial charge in [-0.2, -0.15) is 0 Å². The monoisotopic (exact) mass is 283 g/mol. The number of hydrogen-bond donors (Lipinski definition) is 1. The molecule has 1 aliphatic rings. The van der Waals surface area contributed by atoms with Crippen molar-refractivity contribution in [2.24, 2.45) is 11.7 Å². The quantitative estimate of drug-likeness (QED) is 0.933. The Morgan fingerprint density at radius 3 is 2.86 bits per heavy atom. The van der Waals surface area contributed by atoms with Gasteiger partial charge in [-0.1, -0.05) is 44.0 Å². The summed E-state index contributed by atoms with van der Waals surface area (Å²) in [6.07, 6.45) is 5.22. The van der Waals surface area contributed by atoms with E-state index in [2.05, 4.69) is 49.2 Å². The van der Waals surface area contributed by atoms with Gasteiger partial charge in [0.2, 0.25) is 0 Å². The first kappa shape index (κ1) is 14.3. The van der Waals surface area contributed by atoms with Crippen LogP contribution in [0.3, 0.4) is 0 Å². The molecule has 0 spiro atoms. The van der Waals surface area contributed by atoms with Gasteiger partial charge in [0.05, 0.1) is 5.69 Å². The number of rotatable bonds is 3. The smallest absolute Gasteiger partial charge is 0.136 e. The van der Waals surface area contributed by atoms with Crippen LogP contribution in [0.2, 0.25) is 0 Å². The minimum Gasteiger partial charge on any atom is -0.356 e. The van der Waals surface area contributed by atoms with Crippen LogP contribution in [-0.4, -0.2) is 18.1 Å². The fourth-order valence-corrected chi connectivity index (χ4v) is 3.53. The molecule has 2 unspecified atom stereocenters. The number of nitrogens with two attached hydrogens (primary N) is 1. The minimum absolute atomic E-state index is 0.493. The molecule has 0 aliphatic heterocycles. The molecule has 2 aromatic rings. The van der Waals surface area contributed by atoms with E-state index in [1.807, 2.05) is 0 Å². The first-order chi connectivity index (χ1) is 10.2. The minimum atomic E-state index is 0.493. The molecule has 1 heterocycles. The van der Waals surface area contributed by atoms with Crippen LogP contribution < -0.4 is 10.6 Å². The van der Waals surface area contributed by atoms with E-state index in [1.54, 1.807) is 0 Å². The molecule has 3 heteroatoms. The summed E-state index contributed by atoms with van der Waals surface area (Å²) >= 11 is 0. The maximum Gasteiger partial charge on any atom is 0.136 e. The van der Waals surface area contributed by atoms with E-state index in [1.165, 1.54) is 36.5 Å². The second kappa shape index (κ2) is 6.02. The normalized spacial score (nSPS) is 22.4. The molecule has 21 heavy (non-hydrogen) atoms. The van der Waals surface area contributed by atoms with Crippen molar-refractivity contribution in [1.29, 1.82) is 0 Å². The van der Waals surface area contributed by atoms with Crippen molar-refractivity contribution in [2.75, 3.05) is 11.9 Å². The van der Waals surface area contributed by atoms with E-state index in [4.69, 9.17) is 10.7 Å². The highest BCUT2D eigenvalue weighted by Gasteiger charge is 2.24. The number of nitrogens with zero attached hydrogens (tertiary/aromatic N) is 2. The number of benzene rings is 1. The Kier molecular flexibility index (Phi) is 4.11. The lowest BCUT2D eigenvalue weighted by Crippen LogP contribution is -2.36. The molecule has 1 aromatic heterocycles. The summed E-state index contributed by atoms with van der Waals surface area (Å²) in [6.45, 7) is 2.86. The molecular formula is C18H25N3. The predicted molar refractivity (Wildman–Crippen MR) is 89.5 cm³/mol. The van der Waals surface area contributed by atoms with Crippen molar-refractivity contribution in [1.82, 2.24) is 4.98 Å². The fourth-order valence-electron chi connectivity index (χ4n) is 3.53. The Balaban J connectivity index is 2.01. The second-order valence-corrected chi connectivity index (χ2v) is 6.40. The third-order valence-corrected chi connectivity index (χ3v) is 4.77. The zero-order chi connectivity index (χ0) is 14.8. The van der Waals surface area contributed by atoms with Gasteiger partial charge in [0.1, 0.15) is 5.82 Å². The Morgan fingerprint density at radius 1 is 1.29 bits per heavy atom. The average molecular weight is 283 g/mol. The Morgan fingerprint density at radius 2 is 2.10 bits per heavy atom. The molecule has 3 nitrogen and oxygen atoms in total. The topological polar surface area (TPSA) is 42.2 Å². The van der Waals surface area contributed by atoms with Crippen LogP contribution in [0.25, 0.3) is 10.8 Å². The molecule has 0 radical (unpaired) electrons. The lowest BCUT2D eigenvalue weighted by atomic mass is 9.86. The van der Waals surface area contributed by atoms with E-state index < -0.39 is 0 Å². The molecular weight excluding hydrogens is 258 g/mol. The van der Waals surface area contributed by atoms with E-state index >= 15 is 0 Å². The van der Waals surface area contributed by atoms with Gasteiger partial charge in [-0.3, -0.25) is 0 Å². The summed E-state index contributed by atoms with van der Waals surface area (Å²) in [5.41, 5.74) is 6.80. The van der Waals surface area contributed by atoms with E-state index in [9.17, 15) is 0 Å². The van der Waals surface area contributed by atoms with Crippen molar-refractivity contribution in [3.63, 3.8) is 0 Å². The van der Waals surface area contributed by atoms with Crippen LogP contribution in [0.1, 0.15) is 38.3 Å². The lowest BCUT2D eigenvalue weighted by Gasteiger charge is -2.35. The summed E-state index contributed by atoms with van der Waals surface area (Å²) in [5.74, 6) is 1.91. The fraction of sp³-hybridized carbons (Fsp3) is 0.500. The average Bonchev–Trinajstić information content (AvgIpc) is 2.53. The number of aromatic nitrogens is 1. The second-order valence-electron chi connectivity index (χ2n) is 6.40. The van der Waals surface area contributed by atoms with Crippen LogP contribution in [0.5, 0.6) is 0 Å². The standard InChI is InChI=1S/C18H25N3/c1-13-6-5-8-16(10-13)21(2)18-17-9-4-3-7-14(17)11-15(12-19)20-18/h3-4,7,9,11,13,16H,5-6,8,10,12,19H2,1-2H3. The van der Waals surface area contributed by atoms with Gasteiger partial charge in [-0.15, -0.1) is 0 Å². The summed E-state index contributed by atoms with van der Waals surface area (Å²) in [4.78, 5) is 7.21. The summed E-state index contributed by atoms with van der Waals surface area (Å²) in [6, 6.07) is 11.2. The Labute approximate surface area is 127 Å². The number of pyridine rings is 1. The molecule has 2 N–H and O–H groups in total. The summed E-state index contributed by atoms with van der Waals surface area (Å²) < 4.78 is 0. The van der Waals surface area contributed by atoms with Crippen molar-refractivity contribution < 1.29 is 0 Å². The highest BCUT2D eigenvalue weighted by Crippen LogP contribution is 2.32.